The molecule has 3 rings (SSSR count). The first-order valence-electron chi connectivity index (χ1n) is 10.3. The summed E-state index contributed by atoms with van der Waals surface area (Å²) >= 11 is 6.30. The minimum atomic E-state index is 0. The van der Waals surface area contributed by atoms with Gasteiger partial charge in [0.25, 0.3) is 0 Å². The average molecular weight is 560 g/mol. The number of nitrogens with one attached hydrogen (secondary N) is 2. The van der Waals surface area contributed by atoms with E-state index >= 15 is 0 Å². The Bertz CT molecular complexity index is 868. The van der Waals surface area contributed by atoms with E-state index in [4.69, 9.17) is 26.1 Å². The second kappa shape index (κ2) is 12.8. The van der Waals surface area contributed by atoms with Crippen molar-refractivity contribution in [2.75, 3.05) is 45.3 Å². The number of methoxy groups -OCH3 is 2. The van der Waals surface area contributed by atoms with Crippen LogP contribution in [0.4, 0.5) is 5.82 Å². The standard InChI is InChI=1S/C22H30ClN5O2.HI/c1-4-24-22(26-12-9-16-7-8-19(29-2)20(14-16)30-3)27-17-10-13-28(15-17)21-18(23)6-5-11-25-21;/h5-8,11,14,17H,4,9-10,12-13,15H2,1-3H3,(H2,24,26,27);1H. The molecular formula is C22H31ClIN5O2. The van der Waals surface area contributed by atoms with Gasteiger partial charge in [-0.05, 0) is 49.6 Å². The van der Waals surface area contributed by atoms with Crippen molar-refractivity contribution in [3.8, 4) is 11.5 Å². The summed E-state index contributed by atoms with van der Waals surface area (Å²) in [5, 5.41) is 7.57. The van der Waals surface area contributed by atoms with Gasteiger partial charge in [-0.25, -0.2) is 4.98 Å². The second-order valence-electron chi connectivity index (χ2n) is 7.08. The van der Waals surface area contributed by atoms with Gasteiger partial charge < -0.3 is 25.0 Å². The van der Waals surface area contributed by atoms with Crippen LogP contribution in [0.5, 0.6) is 11.5 Å². The molecule has 1 aromatic carbocycles. The van der Waals surface area contributed by atoms with Crippen LogP contribution in [0.2, 0.25) is 5.02 Å². The summed E-state index contributed by atoms with van der Waals surface area (Å²) in [4.78, 5) is 11.4. The van der Waals surface area contributed by atoms with Crippen LogP contribution >= 0.6 is 35.6 Å². The Morgan fingerprint density at radius 1 is 1.26 bits per heavy atom. The summed E-state index contributed by atoms with van der Waals surface area (Å²) in [6.07, 6.45) is 3.60. The largest absolute Gasteiger partial charge is 0.493 e. The minimum absolute atomic E-state index is 0. The van der Waals surface area contributed by atoms with Crippen molar-refractivity contribution in [3.05, 3.63) is 47.1 Å². The Morgan fingerprint density at radius 3 is 2.77 bits per heavy atom. The Balaban J connectivity index is 0.00000341. The summed E-state index contributed by atoms with van der Waals surface area (Å²) < 4.78 is 10.7. The van der Waals surface area contributed by atoms with Gasteiger partial charge in [0.1, 0.15) is 5.82 Å². The zero-order valence-electron chi connectivity index (χ0n) is 18.2. The van der Waals surface area contributed by atoms with Gasteiger partial charge in [0.05, 0.1) is 19.2 Å². The third-order valence-corrected chi connectivity index (χ3v) is 5.33. The summed E-state index contributed by atoms with van der Waals surface area (Å²) in [6, 6.07) is 10.00. The number of rotatable bonds is 8. The lowest BCUT2D eigenvalue weighted by atomic mass is 10.1. The smallest absolute Gasteiger partial charge is 0.191 e. The fraction of sp³-hybridized carbons (Fsp3) is 0.455. The average Bonchev–Trinajstić information content (AvgIpc) is 3.22. The van der Waals surface area contributed by atoms with Gasteiger partial charge in [-0.2, -0.15) is 0 Å². The topological polar surface area (TPSA) is 71.0 Å². The number of hydrogen-bond acceptors (Lipinski definition) is 5. The highest BCUT2D eigenvalue weighted by atomic mass is 127. The summed E-state index contributed by atoms with van der Waals surface area (Å²) in [5.41, 5.74) is 1.16. The van der Waals surface area contributed by atoms with E-state index in [1.165, 1.54) is 0 Å². The predicted octanol–water partition coefficient (Wildman–Crippen LogP) is 3.75. The maximum Gasteiger partial charge on any atom is 0.191 e. The quantitative estimate of drug-likeness (QED) is 0.292. The van der Waals surface area contributed by atoms with Gasteiger partial charge in [0, 0.05) is 38.4 Å². The number of pyridine rings is 1. The van der Waals surface area contributed by atoms with E-state index < -0.39 is 0 Å². The number of nitrogens with zero attached hydrogens (tertiary/aromatic N) is 3. The maximum absolute atomic E-state index is 6.30. The minimum Gasteiger partial charge on any atom is -0.493 e. The molecule has 31 heavy (non-hydrogen) atoms. The molecule has 170 valence electrons. The monoisotopic (exact) mass is 559 g/mol. The first-order valence-corrected chi connectivity index (χ1v) is 10.6. The molecule has 0 spiro atoms. The van der Waals surface area contributed by atoms with Crippen LogP contribution in [-0.2, 0) is 6.42 Å². The highest BCUT2D eigenvalue weighted by Crippen LogP contribution is 2.28. The van der Waals surface area contributed by atoms with Gasteiger partial charge >= 0.3 is 0 Å². The highest BCUT2D eigenvalue weighted by Gasteiger charge is 2.25. The molecule has 0 aliphatic carbocycles. The van der Waals surface area contributed by atoms with E-state index in [1.807, 2.05) is 30.3 Å². The first kappa shape index (κ1) is 25.3. The molecule has 2 aromatic rings. The fourth-order valence-corrected chi connectivity index (χ4v) is 3.77. The number of ether oxygens (including phenoxy) is 2. The fourth-order valence-electron chi connectivity index (χ4n) is 3.53. The Morgan fingerprint density at radius 2 is 2.06 bits per heavy atom. The van der Waals surface area contributed by atoms with E-state index in [9.17, 15) is 0 Å². The van der Waals surface area contributed by atoms with Gasteiger partial charge in [0.2, 0.25) is 0 Å². The summed E-state index contributed by atoms with van der Waals surface area (Å²) in [5.74, 6) is 3.15. The van der Waals surface area contributed by atoms with E-state index in [0.717, 1.165) is 61.3 Å². The maximum atomic E-state index is 6.30. The molecular weight excluding hydrogens is 529 g/mol. The van der Waals surface area contributed by atoms with Gasteiger partial charge in [-0.15, -0.1) is 24.0 Å². The Kier molecular flexibility index (Phi) is 10.5. The van der Waals surface area contributed by atoms with Crippen LogP contribution in [0.3, 0.4) is 0 Å². The molecule has 1 atom stereocenters. The van der Waals surface area contributed by atoms with Crippen molar-refractivity contribution < 1.29 is 9.47 Å². The van der Waals surface area contributed by atoms with Crippen LogP contribution in [-0.4, -0.2) is 57.4 Å². The number of anilines is 1. The Hall–Kier alpha value is -1.94. The van der Waals surface area contributed by atoms with Gasteiger partial charge in [-0.1, -0.05) is 17.7 Å². The van der Waals surface area contributed by atoms with Gasteiger partial charge in [0.15, 0.2) is 17.5 Å². The number of benzene rings is 1. The molecule has 2 N–H and O–H groups in total. The lowest BCUT2D eigenvalue weighted by Crippen LogP contribution is -2.44. The predicted molar refractivity (Wildman–Crippen MR) is 138 cm³/mol. The molecule has 0 amide bonds. The lowest BCUT2D eigenvalue weighted by molar-refractivity contribution is 0.354. The number of guanidine groups is 1. The molecule has 0 radical (unpaired) electrons. The molecule has 1 aliphatic rings. The zero-order chi connectivity index (χ0) is 21.3. The first-order chi connectivity index (χ1) is 14.6. The molecule has 7 nitrogen and oxygen atoms in total. The van der Waals surface area contributed by atoms with Crippen molar-refractivity contribution in [1.29, 1.82) is 0 Å². The molecule has 2 heterocycles. The second-order valence-corrected chi connectivity index (χ2v) is 7.49. The van der Waals surface area contributed by atoms with E-state index in [-0.39, 0.29) is 24.0 Å². The molecule has 9 heteroatoms. The normalized spacial score (nSPS) is 15.9. The van der Waals surface area contributed by atoms with Crippen molar-refractivity contribution in [2.24, 2.45) is 4.99 Å². The third-order valence-electron chi connectivity index (χ3n) is 5.03. The van der Waals surface area contributed by atoms with Crippen molar-refractivity contribution in [1.82, 2.24) is 15.6 Å². The van der Waals surface area contributed by atoms with Crippen LogP contribution in [0, 0.1) is 0 Å². The van der Waals surface area contributed by atoms with Crippen molar-refractivity contribution in [3.63, 3.8) is 0 Å². The van der Waals surface area contributed by atoms with Crippen LogP contribution < -0.4 is 25.0 Å². The van der Waals surface area contributed by atoms with E-state index in [2.05, 4.69) is 27.4 Å². The number of halogens is 2. The molecule has 1 unspecified atom stereocenters. The van der Waals surface area contributed by atoms with Crippen LogP contribution in [0.15, 0.2) is 41.5 Å². The highest BCUT2D eigenvalue weighted by molar-refractivity contribution is 14.0. The van der Waals surface area contributed by atoms with Crippen LogP contribution in [0.1, 0.15) is 18.9 Å². The number of aromatic nitrogens is 1. The zero-order valence-corrected chi connectivity index (χ0v) is 21.3. The molecule has 1 aliphatic heterocycles. The Labute approximate surface area is 206 Å². The summed E-state index contributed by atoms with van der Waals surface area (Å²) in [6.45, 7) is 5.31. The molecule has 0 saturated carbocycles. The molecule has 1 aromatic heterocycles. The van der Waals surface area contributed by atoms with Gasteiger partial charge in [-0.3, -0.25) is 4.99 Å². The SMILES string of the molecule is CCNC(=NCCc1ccc(OC)c(OC)c1)NC1CCN(c2ncccc2Cl)C1.I. The van der Waals surface area contributed by atoms with Crippen LogP contribution in [0.25, 0.3) is 0 Å². The van der Waals surface area contributed by atoms with Crippen molar-refractivity contribution in [2.45, 2.75) is 25.8 Å². The summed E-state index contributed by atoms with van der Waals surface area (Å²) in [7, 11) is 3.29. The molecule has 0 bridgehead atoms. The van der Waals surface area contributed by atoms with E-state index in [0.29, 0.717) is 17.6 Å². The van der Waals surface area contributed by atoms with Crippen molar-refractivity contribution >= 4 is 47.4 Å². The molecule has 1 saturated heterocycles. The number of hydrogen-bond donors (Lipinski definition) is 2. The number of aliphatic imine (C=N–C) groups is 1. The van der Waals surface area contributed by atoms with E-state index in [1.54, 1.807) is 20.4 Å². The lowest BCUT2D eigenvalue weighted by Gasteiger charge is -2.20. The third kappa shape index (κ3) is 7.03. The molecule has 1 fully saturated rings.